The number of H-pyrrole nitrogens is 1. The first-order valence-electron chi connectivity index (χ1n) is 9.24. The topological polar surface area (TPSA) is 83.6 Å². The van der Waals surface area contributed by atoms with Gasteiger partial charge in [-0.1, -0.05) is 23.7 Å². The molecule has 1 aromatic carbocycles. The molecule has 11 heteroatoms. The van der Waals surface area contributed by atoms with Crippen LogP contribution in [0.1, 0.15) is 16.8 Å². The summed E-state index contributed by atoms with van der Waals surface area (Å²) in [6, 6.07) is 4.97. The van der Waals surface area contributed by atoms with E-state index in [1.807, 2.05) is 0 Å². The van der Waals surface area contributed by atoms with Crippen LogP contribution in [0.15, 0.2) is 42.9 Å². The molecule has 1 amide bonds. The number of aromatic nitrogens is 4. The normalized spacial score (nSPS) is 11.7. The van der Waals surface area contributed by atoms with Crippen molar-refractivity contribution in [1.82, 2.24) is 19.9 Å². The van der Waals surface area contributed by atoms with Gasteiger partial charge in [0.2, 0.25) is 5.91 Å². The van der Waals surface area contributed by atoms with Gasteiger partial charge < -0.3 is 10.3 Å². The maximum absolute atomic E-state index is 14.6. The Hall–Kier alpha value is -3.53. The van der Waals surface area contributed by atoms with Crippen molar-refractivity contribution in [2.24, 2.45) is 0 Å². The number of amides is 1. The monoisotopic (exact) mass is 463 g/mol. The molecule has 3 heterocycles. The minimum Gasteiger partial charge on any atom is -0.343 e. The van der Waals surface area contributed by atoms with Crippen LogP contribution in [0.25, 0.3) is 22.4 Å². The summed E-state index contributed by atoms with van der Waals surface area (Å²) in [5, 5.41) is 2.70. The van der Waals surface area contributed by atoms with Crippen LogP contribution in [0.3, 0.4) is 0 Å². The van der Waals surface area contributed by atoms with Gasteiger partial charge >= 0.3 is 6.18 Å². The highest BCUT2D eigenvalue weighted by Crippen LogP contribution is 2.32. The zero-order chi connectivity index (χ0) is 23.0. The van der Waals surface area contributed by atoms with E-state index in [-0.39, 0.29) is 23.4 Å². The Morgan fingerprint density at radius 2 is 1.97 bits per heavy atom. The number of carbonyl (C=O) groups is 1. The molecule has 0 aliphatic carbocycles. The molecule has 0 saturated carbocycles. The maximum Gasteiger partial charge on any atom is 0.418 e. The smallest absolute Gasteiger partial charge is 0.343 e. The number of hydrogen-bond acceptors (Lipinski definition) is 4. The van der Waals surface area contributed by atoms with E-state index in [9.17, 15) is 22.4 Å². The third kappa shape index (κ3) is 4.40. The van der Waals surface area contributed by atoms with Gasteiger partial charge in [0.15, 0.2) is 5.65 Å². The second-order valence-electron chi connectivity index (χ2n) is 6.97. The quantitative estimate of drug-likeness (QED) is 0.401. The van der Waals surface area contributed by atoms with Crippen molar-refractivity contribution in [1.29, 1.82) is 0 Å². The Morgan fingerprint density at radius 1 is 1.19 bits per heavy atom. The Labute approximate surface area is 183 Å². The number of aromatic amines is 1. The van der Waals surface area contributed by atoms with Crippen LogP contribution in [0, 0.1) is 12.7 Å². The Morgan fingerprint density at radius 3 is 2.69 bits per heavy atom. The summed E-state index contributed by atoms with van der Waals surface area (Å²) in [5.41, 5.74) is 0.527. The molecule has 3 aromatic heterocycles. The summed E-state index contributed by atoms with van der Waals surface area (Å²) in [5.74, 6) is -1.35. The SMILES string of the molecule is Cc1ncc(NC(=O)Cc2ccc(-c3cnc4[nH]cc(Cl)c4n3)cc2F)cc1C(F)(F)F. The van der Waals surface area contributed by atoms with E-state index >= 15 is 0 Å². The first-order chi connectivity index (χ1) is 15.1. The fourth-order valence-corrected chi connectivity index (χ4v) is 3.30. The van der Waals surface area contributed by atoms with Gasteiger partial charge in [-0.3, -0.25) is 9.78 Å². The number of rotatable bonds is 4. The number of hydrogen-bond donors (Lipinski definition) is 2. The number of fused-ring (bicyclic) bond motifs is 1. The van der Waals surface area contributed by atoms with Crippen LogP contribution < -0.4 is 5.32 Å². The average molecular weight is 464 g/mol. The Balaban J connectivity index is 1.51. The largest absolute Gasteiger partial charge is 0.418 e. The van der Waals surface area contributed by atoms with Gasteiger partial charge in [0.1, 0.15) is 11.3 Å². The summed E-state index contributed by atoms with van der Waals surface area (Å²) < 4.78 is 53.7. The number of nitrogens with zero attached hydrogens (tertiary/aromatic N) is 3. The molecule has 0 fully saturated rings. The molecule has 4 rings (SSSR count). The lowest BCUT2D eigenvalue weighted by atomic mass is 10.1. The van der Waals surface area contributed by atoms with Crippen molar-refractivity contribution >= 4 is 34.4 Å². The third-order valence-electron chi connectivity index (χ3n) is 4.71. The number of halogens is 5. The van der Waals surface area contributed by atoms with E-state index in [0.717, 1.165) is 12.3 Å². The zero-order valence-corrected chi connectivity index (χ0v) is 17.1. The lowest BCUT2D eigenvalue weighted by Gasteiger charge is -2.12. The molecular weight excluding hydrogens is 450 g/mol. The molecule has 0 radical (unpaired) electrons. The minimum absolute atomic E-state index is 0.0658. The van der Waals surface area contributed by atoms with Crippen molar-refractivity contribution in [2.45, 2.75) is 19.5 Å². The van der Waals surface area contributed by atoms with E-state index < -0.39 is 23.5 Å². The molecule has 0 aliphatic heterocycles. The lowest BCUT2D eigenvalue weighted by Crippen LogP contribution is -2.17. The number of alkyl halides is 3. The van der Waals surface area contributed by atoms with Gasteiger partial charge in [-0.2, -0.15) is 13.2 Å². The molecule has 0 spiro atoms. The highest BCUT2D eigenvalue weighted by atomic mass is 35.5. The van der Waals surface area contributed by atoms with E-state index in [0.29, 0.717) is 27.4 Å². The summed E-state index contributed by atoms with van der Waals surface area (Å²) in [6.07, 6.45) is -0.868. The molecule has 164 valence electrons. The van der Waals surface area contributed by atoms with Crippen molar-refractivity contribution in [2.75, 3.05) is 5.32 Å². The zero-order valence-electron chi connectivity index (χ0n) is 16.4. The molecule has 0 saturated heterocycles. The molecule has 0 bridgehead atoms. The summed E-state index contributed by atoms with van der Waals surface area (Å²) in [4.78, 5) is 27.3. The molecule has 32 heavy (non-hydrogen) atoms. The molecule has 0 unspecified atom stereocenters. The summed E-state index contributed by atoms with van der Waals surface area (Å²) in [7, 11) is 0. The third-order valence-corrected chi connectivity index (χ3v) is 5.00. The molecule has 6 nitrogen and oxygen atoms in total. The first kappa shape index (κ1) is 21.7. The number of carbonyl (C=O) groups excluding carboxylic acids is 1. The Bertz CT molecular complexity index is 1340. The predicted molar refractivity (Wildman–Crippen MR) is 111 cm³/mol. The van der Waals surface area contributed by atoms with Crippen molar-refractivity contribution in [3.63, 3.8) is 0 Å². The highest BCUT2D eigenvalue weighted by Gasteiger charge is 2.33. The van der Waals surface area contributed by atoms with Gasteiger partial charge in [0.25, 0.3) is 0 Å². The average Bonchev–Trinajstić information content (AvgIpc) is 3.10. The van der Waals surface area contributed by atoms with E-state index in [1.54, 1.807) is 12.3 Å². The van der Waals surface area contributed by atoms with Crippen LogP contribution >= 0.6 is 11.6 Å². The second-order valence-corrected chi connectivity index (χ2v) is 7.38. The van der Waals surface area contributed by atoms with E-state index in [1.165, 1.54) is 25.3 Å². The van der Waals surface area contributed by atoms with E-state index in [2.05, 4.69) is 25.3 Å². The van der Waals surface area contributed by atoms with Gasteiger partial charge in [-0.05, 0) is 24.6 Å². The number of nitrogens with one attached hydrogen (secondary N) is 2. The van der Waals surface area contributed by atoms with E-state index in [4.69, 9.17) is 11.6 Å². The lowest BCUT2D eigenvalue weighted by molar-refractivity contribution is -0.138. The van der Waals surface area contributed by atoms with Gasteiger partial charge in [0, 0.05) is 17.5 Å². The van der Waals surface area contributed by atoms with Crippen LogP contribution in [-0.4, -0.2) is 25.8 Å². The second kappa shape index (κ2) is 8.19. The predicted octanol–water partition coefficient (Wildman–Crippen LogP) is 5.32. The molecule has 0 aliphatic rings. The van der Waals surface area contributed by atoms with Crippen LogP contribution in [-0.2, 0) is 17.4 Å². The van der Waals surface area contributed by atoms with Gasteiger partial charge in [-0.25, -0.2) is 14.4 Å². The Kier molecular flexibility index (Phi) is 5.55. The van der Waals surface area contributed by atoms with Crippen LogP contribution in [0.4, 0.5) is 23.2 Å². The van der Waals surface area contributed by atoms with Crippen molar-refractivity contribution in [3.05, 3.63) is 70.5 Å². The number of benzene rings is 1. The summed E-state index contributed by atoms with van der Waals surface area (Å²) >= 11 is 6.04. The highest BCUT2D eigenvalue weighted by molar-refractivity contribution is 6.34. The number of anilines is 1. The standard InChI is InChI=1S/C21H14ClF4N5O/c1-10-14(21(24,25)26)6-13(7-27-10)30-18(32)5-11-2-3-12(4-16(11)23)17-9-29-20-19(31-17)15(22)8-28-20/h2-4,6-9H,5H2,1H3,(H,28,29)(H,30,32). The van der Waals surface area contributed by atoms with Crippen molar-refractivity contribution < 1.29 is 22.4 Å². The fraction of sp³-hybridized carbons (Fsp3) is 0.143. The van der Waals surface area contributed by atoms with Gasteiger partial charge in [0.05, 0.1) is 40.8 Å². The van der Waals surface area contributed by atoms with Crippen LogP contribution in [0.5, 0.6) is 0 Å². The first-order valence-corrected chi connectivity index (χ1v) is 9.62. The fourth-order valence-electron chi connectivity index (χ4n) is 3.12. The molecular formula is C21H14ClF4N5O. The van der Waals surface area contributed by atoms with Gasteiger partial charge in [-0.15, -0.1) is 0 Å². The number of pyridine rings is 1. The molecule has 0 atom stereocenters. The maximum atomic E-state index is 14.6. The number of aryl methyl sites for hydroxylation is 1. The van der Waals surface area contributed by atoms with Crippen LogP contribution in [0.2, 0.25) is 5.02 Å². The van der Waals surface area contributed by atoms with Crippen molar-refractivity contribution in [3.8, 4) is 11.3 Å². The molecule has 4 aromatic rings. The minimum atomic E-state index is -4.60. The summed E-state index contributed by atoms with van der Waals surface area (Å²) in [6.45, 7) is 1.22. The molecule has 2 N–H and O–H groups in total.